The van der Waals surface area contributed by atoms with Crippen LogP contribution >= 0.6 is 11.6 Å². The monoisotopic (exact) mass is 378 g/mol. The highest BCUT2D eigenvalue weighted by Crippen LogP contribution is 2.47. The topological polar surface area (TPSA) is 78.2 Å². The molecule has 0 amide bonds. The van der Waals surface area contributed by atoms with E-state index in [1.165, 1.54) is 12.8 Å². The van der Waals surface area contributed by atoms with Gasteiger partial charge in [-0.05, 0) is 48.4 Å². The van der Waals surface area contributed by atoms with E-state index >= 15 is 0 Å². The Hall–Kier alpha value is -3.00. The number of hydrogen-bond acceptors (Lipinski definition) is 5. The van der Waals surface area contributed by atoms with Crippen LogP contribution in [0.4, 0.5) is 0 Å². The van der Waals surface area contributed by atoms with Crippen molar-refractivity contribution < 1.29 is 0 Å². The molecule has 1 saturated carbocycles. The Morgan fingerprint density at radius 3 is 2.81 bits per heavy atom. The summed E-state index contributed by atoms with van der Waals surface area (Å²) in [6.07, 6.45) is 7.07. The summed E-state index contributed by atoms with van der Waals surface area (Å²) in [6.45, 7) is 2.28. The number of fused-ring (bicyclic) bond motifs is 6. The van der Waals surface area contributed by atoms with Crippen molar-refractivity contribution in [2.24, 2.45) is 5.41 Å². The maximum absolute atomic E-state index is 6.36. The van der Waals surface area contributed by atoms with Gasteiger partial charge in [0.15, 0.2) is 5.65 Å². The molecule has 8 nitrogen and oxygen atoms in total. The molecular weight excluding hydrogens is 364 g/mol. The molecule has 0 radical (unpaired) electrons. The summed E-state index contributed by atoms with van der Waals surface area (Å²) in [7, 11) is 0. The van der Waals surface area contributed by atoms with Gasteiger partial charge in [0, 0.05) is 5.39 Å². The molecule has 6 rings (SSSR count). The molecule has 5 aromatic rings. The number of benzene rings is 1. The molecule has 0 N–H and O–H groups in total. The summed E-state index contributed by atoms with van der Waals surface area (Å²) < 4.78 is 5.48. The predicted octanol–water partition coefficient (Wildman–Crippen LogP) is 3.11. The Bertz CT molecular complexity index is 1340. The van der Waals surface area contributed by atoms with Crippen LogP contribution in [0.25, 0.3) is 28.1 Å². The third-order valence-electron chi connectivity index (χ3n) is 5.42. The summed E-state index contributed by atoms with van der Waals surface area (Å²) in [5.41, 5.74) is 3.78. The number of nitrogens with zero attached hydrogens (tertiary/aromatic N) is 8. The SMILES string of the molecule is CC1(Cc2cn(-c3nnc4c5ccccc5n5c(Cl)ncc5n34)nn2)CC1. The fourth-order valence-electron chi connectivity index (χ4n) is 3.67. The quantitative estimate of drug-likeness (QED) is 0.482. The second-order valence-electron chi connectivity index (χ2n) is 7.54. The molecule has 9 heteroatoms. The Morgan fingerprint density at radius 1 is 1.11 bits per heavy atom. The third kappa shape index (κ3) is 2.13. The van der Waals surface area contributed by atoms with Crippen LogP contribution in [0.3, 0.4) is 0 Å². The second-order valence-corrected chi connectivity index (χ2v) is 7.88. The smallest absolute Gasteiger partial charge is 0.259 e. The van der Waals surface area contributed by atoms with E-state index < -0.39 is 0 Å². The van der Waals surface area contributed by atoms with Crippen molar-refractivity contribution in [3.8, 4) is 5.95 Å². The van der Waals surface area contributed by atoms with E-state index in [0.29, 0.717) is 16.6 Å². The minimum absolute atomic E-state index is 0.371. The normalized spacial score (nSPS) is 15.9. The molecule has 0 unspecified atom stereocenters. The van der Waals surface area contributed by atoms with E-state index in [9.17, 15) is 0 Å². The lowest BCUT2D eigenvalue weighted by Gasteiger charge is -2.07. The van der Waals surface area contributed by atoms with Crippen LogP contribution in [-0.4, -0.2) is 39.0 Å². The van der Waals surface area contributed by atoms with Gasteiger partial charge in [-0.15, -0.1) is 15.3 Å². The highest BCUT2D eigenvalue weighted by molar-refractivity contribution is 6.29. The van der Waals surface area contributed by atoms with Gasteiger partial charge in [0.05, 0.1) is 23.6 Å². The lowest BCUT2D eigenvalue weighted by molar-refractivity contribution is 0.560. The van der Waals surface area contributed by atoms with Crippen molar-refractivity contribution in [3.05, 3.63) is 47.6 Å². The zero-order valence-corrected chi connectivity index (χ0v) is 15.3. The van der Waals surface area contributed by atoms with Crippen molar-refractivity contribution in [1.29, 1.82) is 0 Å². The van der Waals surface area contributed by atoms with Crippen molar-refractivity contribution >= 4 is 33.8 Å². The molecule has 4 aromatic heterocycles. The van der Waals surface area contributed by atoms with Crippen LogP contribution in [-0.2, 0) is 6.42 Å². The molecule has 4 heterocycles. The molecule has 0 atom stereocenters. The van der Waals surface area contributed by atoms with E-state index in [4.69, 9.17) is 11.6 Å². The summed E-state index contributed by atoms with van der Waals surface area (Å²) in [6, 6.07) is 7.93. The van der Waals surface area contributed by atoms with E-state index in [1.54, 1.807) is 10.9 Å². The van der Waals surface area contributed by atoms with E-state index in [1.807, 2.05) is 39.3 Å². The van der Waals surface area contributed by atoms with Gasteiger partial charge >= 0.3 is 0 Å². The number of halogens is 1. The number of rotatable bonds is 3. The van der Waals surface area contributed by atoms with Gasteiger partial charge in [-0.2, -0.15) is 4.68 Å². The Morgan fingerprint density at radius 2 is 1.96 bits per heavy atom. The molecule has 1 aliphatic carbocycles. The first-order valence-corrected chi connectivity index (χ1v) is 9.21. The van der Waals surface area contributed by atoms with Crippen molar-refractivity contribution in [3.63, 3.8) is 0 Å². The fraction of sp³-hybridized carbons (Fsp3) is 0.278. The van der Waals surface area contributed by atoms with Crippen LogP contribution < -0.4 is 0 Å². The van der Waals surface area contributed by atoms with Gasteiger partial charge in [-0.25, -0.2) is 9.38 Å². The lowest BCUT2D eigenvalue weighted by Crippen LogP contribution is -2.05. The standard InChI is InChI=1S/C18H15ClN8/c1-18(6-7-18)8-11-10-25(24-21-11)17-23-22-15-12-4-2-3-5-13(12)26-14(27(15)17)9-20-16(26)19/h2-5,9-10H,6-8H2,1H3. The highest BCUT2D eigenvalue weighted by atomic mass is 35.5. The van der Waals surface area contributed by atoms with Crippen molar-refractivity contribution in [1.82, 2.24) is 39.0 Å². The molecule has 1 aliphatic rings. The van der Waals surface area contributed by atoms with Crippen LogP contribution in [0.15, 0.2) is 36.7 Å². The van der Waals surface area contributed by atoms with Crippen molar-refractivity contribution in [2.45, 2.75) is 26.2 Å². The first-order valence-electron chi connectivity index (χ1n) is 8.83. The first kappa shape index (κ1) is 15.1. The molecule has 0 saturated heterocycles. The molecule has 0 bridgehead atoms. The molecule has 1 aromatic carbocycles. The Balaban J connectivity index is 1.63. The molecule has 0 aliphatic heterocycles. The average Bonchev–Trinajstić information content (AvgIpc) is 3.07. The zero-order valence-electron chi connectivity index (χ0n) is 14.5. The minimum atomic E-state index is 0.371. The van der Waals surface area contributed by atoms with Crippen LogP contribution in [0.5, 0.6) is 0 Å². The van der Waals surface area contributed by atoms with Gasteiger partial charge in [0.1, 0.15) is 5.65 Å². The number of hydrogen-bond donors (Lipinski definition) is 0. The van der Waals surface area contributed by atoms with E-state index in [-0.39, 0.29) is 0 Å². The summed E-state index contributed by atoms with van der Waals surface area (Å²) in [5, 5.41) is 18.8. The van der Waals surface area contributed by atoms with Crippen molar-refractivity contribution in [2.75, 3.05) is 0 Å². The maximum atomic E-state index is 6.36. The molecule has 1 fully saturated rings. The molecular formula is C18H15ClN8. The van der Waals surface area contributed by atoms with Gasteiger partial charge in [-0.3, -0.25) is 4.40 Å². The number of imidazole rings is 1. The number of para-hydroxylation sites is 1. The number of aromatic nitrogens is 8. The molecule has 134 valence electrons. The fourth-order valence-corrected chi connectivity index (χ4v) is 3.90. The van der Waals surface area contributed by atoms with Gasteiger partial charge in [0.2, 0.25) is 5.28 Å². The average molecular weight is 379 g/mol. The van der Waals surface area contributed by atoms with E-state index in [0.717, 1.165) is 34.3 Å². The highest BCUT2D eigenvalue weighted by Gasteiger charge is 2.38. The van der Waals surface area contributed by atoms with Crippen LogP contribution in [0, 0.1) is 5.41 Å². The van der Waals surface area contributed by atoms with Gasteiger partial charge in [0.25, 0.3) is 5.95 Å². The Labute approximate surface area is 158 Å². The largest absolute Gasteiger partial charge is 0.268 e. The predicted molar refractivity (Wildman–Crippen MR) is 100 cm³/mol. The summed E-state index contributed by atoms with van der Waals surface area (Å²) in [4.78, 5) is 4.28. The summed E-state index contributed by atoms with van der Waals surface area (Å²) >= 11 is 6.36. The molecule has 0 spiro atoms. The van der Waals surface area contributed by atoms with Gasteiger partial charge < -0.3 is 0 Å². The maximum Gasteiger partial charge on any atom is 0.259 e. The summed E-state index contributed by atoms with van der Waals surface area (Å²) in [5.74, 6) is 0.567. The van der Waals surface area contributed by atoms with Gasteiger partial charge in [-0.1, -0.05) is 24.3 Å². The van der Waals surface area contributed by atoms with E-state index in [2.05, 4.69) is 32.4 Å². The second kappa shape index (κ2) is 5.04. The first-order chi connectivity index (χ1) is 13.1. The minimum Gasteiger partial charge on any atom is -0.268 e. The third-order valence-corrected chi connectivity index (χ3v) is 5.68. The molecule has 27 heavy (non-hydrogen) atoms. The van der Waals surface area contributed by atoms with Crippen LogP contribution in [0.2, 0.25) is 5.28 Å². The Kier molecular flexibility index (Phi) is 2.82. The lowest BCUT2D eigenvalue weighted by atomic mass is 10.0. The zero-order chi connectivity index (χ0) is 18.2. The van der Waals surface area contributed by atoms with Crippen LogP contribution in [0.1, 0.15) is 25.5 Å².